The molecule has 1 saturated heterocycles. The van der Waals surface area contributed by atoms with Crippen LogP contribution in [0.25, 0.3) is 43.2 Å². The molecule has 0 N–H and O–H groups in total. The Morgan fingerprint density at radius 2 is 1.61 bits per heavy atom. The van der Waals surface area contributed by atoms with Crippen molar-refractivity contribution in [1.29, 1.82) is 0 Å². The number of para-hydroxylation sites is 2. The Labute approximate surface area is 388 Å². The molecule has 8 rings (SSSR count). The Morgan fingerprint density at radius 1 is 0.833 bits per heavy atom. The van der Waals surface area contributed by atoms with E-state index in [4.69, 9.17) is 40.3 Å². The minimum absolute atomic E-state index is 0.179. The third-order valence-electron chi connectivity index (χ3n) is 11.1. The van der Waals surface area contributed by atoms with Crippen molar-refractivity contribution in [3.63, 3.8) is 0 Å². The average molecular weight is 943 g/mol. The number of methoxy groups -OCH3 is 1. The highest BCUT2D eigenvalue weighted by molar-refractivity contribution is 7.22. The molecule has 0 bridgehead atoms. The molecule has 0 spiro atoms. The van der Waals surface area contributed by atoms with Gasteiger partial charge in [0.1, 0.15) is 47.7 Å². The number of hydrogen-bond donors (Lipinski definition) is 0. The van der Waals surface area contributed by atoms with Gasteiger partial charge in [-0.25, -0.2) is 24.3 Å². The lowest BCUT2D eigenvalue weighted by atomic mass is 9.95. The number of likely N-dealkylation sites (N-methyl/N-ethyl adjacent to an activating group) is 1. The predicted octanol–water partition coefficient (Wildman–Crippen LogP) is 10.7. The maximum atomic E-state index is 15.0. The van der Waals surface area contributed by atoms with Crippen LogP contribution in [0.4, 0.5) is 17.6 Å². The van der Waals surface area contributed by atoms with E-state index in [-0.39, 0.29) is 12.5 Å². The molecule has 66 heavy (non-hydrogen) atoms. The van der Waals surface area contributed by atoms with E-state index < -0.39 is 30.5 Å². The minimum atomic E-state index is -4.67. The molecule has 1 atom stereocenters. The monoisotopic (exact) mass is 942 g/mol. The van der Waals surface area contributed by atoms with Crippen LogP contribution in [0.15, 0.2) is 97.5 Å². The Bertz CT molecular complexity index is 2810. The van der Waals surface area contributed by atoms with Crippen molar-refractivity contribution in [3.8, 4) is 61.8 Å². The molecule has 1 fully saturated rings. The second kappa shape index (κ2) is 20.6. The first-order valence-electron chi connectivity index (χ1n) is 21.3. The Balaban J connectivity index is 1.09. The number of hydrogen-bond acceptors (Lipinski definition) is 12. The van der Waals surface area contributed by atoms with Gasteiger partial charge in [0.15, 0.2) is 24.0 Å². The van der Waals surface area contributed by atoms with E-state index in [1.165, 1.54) is 29.8 Å². The zero-order valence-corrected chi connectivity index (χ0v) is 38.3. The molecule has 4 heterocycles. The van der Waals surface area contributed by atoms with Crippen molar-refractivity contribution in [1.82, 2.24) is 29.7 Å². The molecule has 0 amide bonds. The quantitative estimate of drug-likeness (QED) is 0.0815. The predicted molar refractivity (Wildman–Crippen MR) is 248 cm³/mol. The smallest absolute Gasteiger partial charge is 0.422 e. The summed E-state index contributed by atoms with van der Waals surface area (Å²) >= 11 is 8.33. The Hall–Kier alpha value is -6.07. The second-order valence-corrected chi connectivity index (χ2v) is 17.2. The number of thiophene rings is 1. The fraction of sp³-hybridized carbons (Fsp3) is 0.306. The Kier molecular flexibility index (Phi) is 14.5. The lowest BCUT2D eigenvalue weighted by Gasteiger charge is -2.32. The standard InChI is InChI=1S/C49H47ClF4N6O5S/c1-30(25-32-9-5-7-11-38(32)63-27-34-17-18-55-46(58-34)36-10-6-8-12-39(36)61-4)65-47-43-42(35-14-16-40(44(50)31(35)2)62-24-23-60-21-19-59(3)20-22-60)45(66-48(43)57-29-56-47)33-13-15-37(51)41(26-33)64-28-49(52,53)54/h5-18,26,29-30H,19-25,27-28H2,1-4H3. The third kappa shape index (κ3) is 11.0. The van der Waals surface area contributed by atoms with E-state index in [1.54, 1.807) is 25.4 Å². The van der Waals surface area contributed by atoms with Crippen LogP contribution in [-0.2, 0) is 13.0 Å². The van der Waals surface area contributed by atoms with Crippen LogP contribution in [-0.4, -0.2) is 102 Å². The zero-order chi connectivity index (χ0) is 46.4. The molecule has 0 saturated carbocycles. The highest BCUT2D eigenvalue weighted by Gasteiger charge is 2.30. The summed E-state index contributed by atoms with van der Waals surface area (Å²) in [6.07, 6.45) is -1.61. The summed E-state index contributed by atoms with van der Waals surface area (Å²) in [5, 5.41) is 0.945. The molecule has 7 aromatic rings. The molecule has 0 radical (unpaired) electrons. The summed E-state index contributed by atoms with van der Waals surface area (Å²) in [7, 11) is 3.71. The molecule has 4 aromatic carbocycles. The summed E-state index contributed by atoms with van der Waals surface area (Å²) in [5.74, 6) is 1.13. The highest BCUT2D eigenvalue weighted by atomic mass is 35.5. The highest BCUT2D eigenvalue weighted by Crippen LogP contribution is 2.50. The number of aromatic nitrogens is 4. The van der Waals surface area contributed by atoms with Gasteiger partial charge in [-0.05, 0) is 85.6 Å². The number of rotatable bonds is 17. The van der Waals surface area contributed by atoms with Gasteiger partial charge >= 0.3 is 6.18 Å². The topological polar surface area (TPSA) is 104 Å². The molecule has 3 aromatic heterocycles. The lowest BCUT2D eigenvalue weighted by molar-refractivity contribution is -0.153. The van der Waals surface area contributed by atoms with Crippen LogP contribution < -0.4 is 23.7 Å². The van der Waals surface area contributed by atoms with Crippen LogP contribution in [0.2, 0.25) is 5.02 Å². The van der Waals surface area contributed by atoms with E-state index in [1.807, 2.05) is 68.4 Å². The maximum absolute atomic E-state index is 15.0. The van der Waals surface area contributed by atoms with E-state index >= 15 is 0 Å². The van der Waals surface area contributed by atoms with E-state index in [2.05, 4.69) is 31.8 Å². The van der Waals surface area contributed by atoms with Crippen molar-refractivity contribution in [3.05, 3.63) is 125 Å². The molecule has 11 nitrogen and oxygen atoms in total. The molecular formula is C49H47ClF4N6O5S. The Morgan fingerprint density at radius 3 is 2.39 bits per heavy atom. The van der Waals surface area contributed by atoms with E-state index in [0.29, 0.717) is 84.2 Å². The summed E-state index contributed by atoms with van der Waals surface area (Å²) < 4.78 is 84.3. The molecule has 1 aliphatic heterocycles. The van der Waals surface area contributed by atoms with Gasteiger partial charge in [-0.3, -0.25) is 4.90 Å². The minimum Gasteiger partial charge on any atom is -0.496 e. The van der Waals surface area contributed by atoms with Gasteiger partial charge in [-0.1, -0.05) is 54.1 Å². The van der Waals surface area contributed by atoms with Crippen molar-refractivity contribution in [2.24, 2.45) is 0 Å². The van der Waals surface area contributed by atoms with Gasteiger partial charge in [-0.2, -0.15) is 13.2 Å². The summed E-state index contributed by atoms with van der Waals surface area (Å²) in [6, 6.07) is 24.5. The molecule has 0 aliphatic carbocycles. The van der Waals surface area contributed by atoms with Crippen molar-refractivity contribution in [2.75, 3.05) is 60.1 Å². The van der Waals surface area contributed by atoms with Crippen LogP contribution in [0, 0.1) is 12.7 Å². The number of fused-ring (bicyclic) bond motifs is 1. The van der Waals surface area contributed by atoms with E-state index in [0.717, 1.165) is 49.9 Å². The number of nitrogens with zero attached hydrogens (tertiary/aromatic N) is 6. The number of alkyl halides is 3. The molecule has 344 valence electrons. The van der Waals surface area contributed by atoms with Crippen LogP contribution in [0.3, 0.4) is 0 Å². The van der Waals surface area contributed by atoms with Gasteiger partial charge in [0.25, 0.3) is 0 Å². The van der Waals surface area contributed by atoms with Crippen LogP contribution in [0.1, 0.15) is 23.7 Å². The van der Waals surface area contributed by atoms with Crippen molar-refractivity contribution >= 4 is 33.2 Å². The van der Waals surface area contributed by atoms with Gasteiger partial charge in [-0.15, -0.1) is 11.3 Å². The lowest BCUT2D eigenvalue weighted by Crippen LogP contribution is -2.45. The van der Waals surface area contributed by atoms with Crippen LogP contribution >= 0.6 is 22.9 Å². The van der Waals surface area contributed by atoms with Gasteiger partial charge in [0, 0.05) is 55.8 Å². The summed E-state index contributed by atoms with van der Waals surface area (Å²) in [5.41, 5.74) is 4.69. The first kappa shape index (κ1) is 46.5. The summed E-state index contributed by atoms with van der Waals surface area (Å²) in [6.45, 7) is 7.38. The van der Waals surface area contributed by atoms with Crippen molar-refractivity contribution < 1.29 is 41.2 Å². The van der Waals surface area contributed by atoms with Gasteiger partial charge < -0.3 is 28.6 Å². The molecule has 1 unspecified atom stereocenters. The maximum Gasteiger partial charge on any atom is 0.422 e. The van der Waals surface area contributed by atoms with Gasteiger partial charge in [0.2, 0.25) is 5.88 Å². The molecular weight excluding hydrogens is 896 g/mol. The van der Waals surface area contributed by atoms with E-state index in [9.17, 15) is 17.6 Å². The fourth-order valence-electron chi connectivity index (χ4n) is 7.71. The number of benzene rings is 4. The van der Waals surface area contributed by atoms with Crippen LogP contribution in [0.5, 0.6) is 28.9 Å². The first-order valence-corrected chi connectivity index (χ1v) is 22.5. The number of ether oxygens (including phenoxy) is 5. The molecule has 17 heteroatoms. The van der Waals surface area contributed by atoms with Gasteiger partial charge in [0.05, 0.1) is 28.8 Å². The third-order valence-corrected chi connectivity index (χ3v) is 12.8. The summed E-state index contributed by atoms with van der Waals surface area (Å²) in [4.78, 5) is 24.2. The molecule has 1 aliphatic rings. The zero-order valence-electron chi connectivity index (χ0n) is 36.7. The normalized spacial score (nSPS) is 14.0. The fourth-order valence-corrected chi connectivity index (χ4v) is 9.08. The average Bonchev–Trinajstić information content (AvgIpc) is 3.70. The first-order chi connectivity index (χ1) is 31.8. The SMILES string of the molecule is COc1ccccc1-c1nccc(COc2ccccc2CC(C)Oc2ncnc3sc(-c4ccc(F)c(OCC(F)(F)F)c4)c(-c4ccc(OCCN5CCN(C)CC5)c(Cl)c4C)c23)n1. The number of piperazine rings is 1. The number of halogens is 5. The largest absolute Gasteiger partial charge is 0.496 e. The second-order valence-electron chi connectivity index (χ2n) is 15.9. The van der Waals surface area contributed by atoms with Crippen molar-refractivity contribution in [2.45, 2.75) is 39.2 Å².